The first kappa shape index (κ1) is 25.2. The van der Waals surface area contributed by atoms with E-state index in [1.165, 1.54) is 38.6 Å². The average molecular weight is 514 g/mol. The van der Waals surface area contributed by atoms with Crippen molar-refractivity contribution in [2.45, 2.75) is 6.92 Å². The Bertz CT molecular complexity index is 1790. The molecule has 0 aliphatic carbocycles. The van der Waals surface area contributed by atoms with E-state index in [0.717, 1.165) is 17.1 Å². The van der Waals surface area contributed by atoms with Gasteiger partial charge in [0, 0.05) is 16.6 Å². The first-order valence-electron chi connectivity index (χ1n) is 13.7. The molecule has 0 aromatic heterocycles. The van der Waals surface area contributed by atoms with Gasteiger partial charge in [-0.15, -0.1) is 0 Å². The number of benzene rings is 6. The van der Waals surface area contributed by atoms with Crippen molar-refractivity contribution >= 4 is 33.9 Å². The number of para-hydroxylation sites is 2. The Morgan fingerprint density at radius 1 is 0.475 bits per heavy atom. The maximum atomic E-state index is 2.38. The van der Waals surface area contributed by atoms with Crippen LogP contribution >= 0.6 is 0 Å². The van der Waals surface area contributed by atoms with Crippen LogP contribution in [0.25, 0.3) is 39.1 Å². The fourth-order valence-electron chi connectivity index (χ4n) is 5.31. The highest BCUT2D eigenvalue weighted by atomic mass is 15.1. The van der Waals surface area contributed by atoms with Crippen LogP contribution < -0.4 is 4.90 Å². The van der Waals surface area contributed by atoms with Crippen LogP contribution in [0.4, 0.5) is 17.1 Å². The molecule has 0 atom stereocenters. The first-order chi connectivity index (χ1) is 19.8. The van der Waals surface area contributed by atoms with Gasteiger partial charge in [0.2, 0.25) is 0 Å². The van der Waals surface area contributed by atoms with Crippen molar-refractivity contribution in [1.82, 2.24) is 0 Å². The van der Waals surface area contributed by atoms with Crippen LogP contribution in [0, 0.1) is 0 Å². The molecule has 0 bridgehead atoms. The summed E-state index contributed by atoms with van der Waals surface area (Å²) in [7, 11) is 0. The summed E-state index contributed by atoms with van der Waals surface area (Å²) in [4.78, 5) is 2.38. The van der Waals surface area contributed by atoms with Gasteiger partial charge in [-0.3, -0.25) is 0 Å². The van der Waals surface area contributed by atoms with Crippen LogP contribution in [0.15, 0.2) is 164 Å². The van der Waals surface area contributed by atoms with E-state index in [0.29, 0.717) is 0 Å². The van der Waals surface area contributed by atoms with E-state index in [1.54, 1.807) is 0 Å². The van der Waals surface area contributed by atoms with Crippen molar-refractivity contribution in [1.29, 1.82) is 0 Å². The molecule has 6 aromatic carbocycles. The summed E-state index contributed by atoms with van der Waals surface area (Å²) in [6, 6.07) is 52.0. The summed E-state index contributed by atoms with van der Waals surface area (Å²) in [5.74, 6) is 0. The molecule has 0 N–H and O–H groups in total. The second-order valence-electron chi connectivity index (χ2n) is 9.74. The Morgan fingerprint density at radius 2 is 1.07 bits per heavy atom. The number of hydrogen-bond acceptors (Lipinski definition) is 1. The highest BCUT2D eigenvalue weighted by molar-refractivity contribution is 6.01. The molecule has 192 valence electrons. The topological polar surface area (TPSA) is 3.24 Å². The van der Waals surface area contributed by atoms with E-state index < -0.39 is 0 Å². The summed E-state index contributed by atoms with van der Waals surface area (Å²) in [5.41, 5.74) is 9.45. The molecule has 0 amide bonds. The molecular formula is C39H31N. The van der Waals surface area contributed by atoms with Crippen molar-refractivity contribution in [3.05, 3.63) is 169 Å². The van der Waals surface area contributed by atoms with Gasteiger partial charge in [-0.25, -0.2) is 0 Å². The fraction of sp³-hybridized carbons (Fsp3) is 0.0256. The molecule has 0 radical (unpaired) electrons. The molecule has 1 nitrogen and oxygen atoms in total. The van der Waals surface area contributed by atoms with Crippen LogP contribution in [0.3, 0.4) is 0 Å². The molecule has 0 saturated carbocycles. The predicted molar refractivity (Wildman–Crippen MR) is 173 cm³/mol. The number of anilines is 3. The van der Waals surface area contributed by atoms with Gasteiger partial charge in [0.05, 0.1) is 11.4 Å². The average Bonchev–Trinajstić information content (AvgIpc) is 3.03. The van der Waals surface area contributed by atoms with Crippen LogP contribution in [0.2, 0.25) is 0 Å². The number of hydrogen-bond donors (Lipinski definition) is 0. The third kappa shape index (κ3) is 5.10. The van der Waals surface area contributed by atoms with Gasteiger partial charge in [0.25, 0.3) is 0 Å². The van der Waals surface area contributed by atoms with E-state index in [4.69, 9.17) is 0 Å². The first-order valence-corrected chi connectivity index (χ1v) is 13.7. The number of rotatable bonds is 7. The summed E-state index contributed by atoms with van der Waals surface area (Å²) in [6.45, 7) is 2.03. The smallest absolute Gasteiger partial charge is 0.0540 e. The van der Waals surface area contributed by atoms with Gasteiger partial charge in [-0.2, -0.15) is 0 Å². The Balaban J connectivity index is 1.46. The highest BCUT2D eigenvalue weighted by Crippen LogP contribution is 2.43. The summed E-state index contributed by atoms with van der Waals surface area (Å²) in [5, 5.41) is 2.45. The molecule has 6 aromatic rings. The van der Waals surface area contributed by atoms with Gasteiger partial charge in [-0.1, -0.05) is 146 Å². The van der Waals surface area contributed by atoms with E-state index in [1.807, 2.05) is 13.0 Å². The van der Waals surface area contributed by atoms with Crippen LogP contribution in [0.5, 0.6) is 0 Å². The number of nitrogens with zero attached hydrogens (tertiary/aromatic N) is 1. The normalized spacial score (nSPS) is 11.4. The maximum absolute atomic E-state index is 2.38. The Morgan fingerprint density at radius 3 is 1.88 bits per heavy atom. The maximum Gasteiger partial charge on any atom is 0.0540 e. The molecule has 0 aliphatic rings. The lowest BCUT2D eigenvalue weighted by atomic mass is 9.95. The molecule has 0 spiro atoms. The van der Waals surface area contributed by atoms with Gasteiger partial charge < -0.3 is 4.90 Å². The molecule has 40 heavy (non-hydrogen) atoms. The molecule has 0 fully saturated rings. The van der Waals surface area contributed by atoms with Gasteiger partial charge in [0.1, 0.15) is 0 Å². The fourth-order valence-corrected chi connectivity index (χ4v) is 5.31. The molecule has 0 heterocycles. The van der Waals surface area contributed by atoms with Crippen molar-refractivity contribution in [3.8, 4) is 22.3 Å². The van der Waals surface area contributed by atoms with Crippen LogP contribution in [0.1, 0.15) is 12.5 Å². The summed E-state index contributed by atoms with van der Waals surface area (Å²) >= 11 is 0. The highest BCUT2D eigenvalue weighted by Gasteiger charge is 2.18. The van der Waals surface area contributed by atoms with E-state index >= 15 is 0 Å². The van der Waals surface area contributed by atoms with Crippen molar-refractivity contribution in [3.63, 3.8) is 0 Å². The molecule has 1 heteroatoms. The summed E-state index contributed by atoms with van der Waals surface area (Å²) < 4.78 is 0. The van der Waals surface area contributed by atoms with Gasteiger partial charge in [0.15, 0.2) is 0 Å². The second kappa shape index (κ2) is 11.7. The zero-order valence-electron chi connectivity index (χ0n) is 22.6. The second-order valence-corrected chi connectivity index (χ2v) is 9.74. The quantitative estimate of drug-likeness (QED) is 0.192. The minimum absolute atomic E-state index is 1.13. The van der Waals surface area contributed by atoms with Crippen molar-refractivity contribution < 1.29 is 0 Å². The standard InChI is InChI=1S/C39H31N/c1-2-3-5-15-30-16-8-10-21-35(30)32-26-28-33(29-27-32)37-23-12-13-24-38(37)40(34-19-6-4-7-20-34)39-25-14-18-31-17-9-11-22-36(31)39/h2-29H,1H3/b3-2-,15-5-. The minimum atomic E-state index is 1.13. The van der Waals surface area contributed by atoms with Gasteiger partial charge in [-0.05, 0) is 58.8 Å². The van der Waals surface area contributed by atoms with E-state index in [2.05, 4.69) is 169 Å². The third-order valence-corrected chi connectivity index (χ3v) is 7.21. The lowest BCUT2D eigenvalue weighted by Crippen LogP contribution is -2.11. The Labute approximate surface area is 237 Å². The molecular weight excluding hydrogens is 482 g/mol. The van der Waals surface area contributed by atoms with Crippen molar-refractivity contribution in [2.75, 3.05) is 4.90 Å². The summed E-state index contributed by atoms with van der Waals surface area (Å²) in [6.07, 6.45) is 8.36. The lowest BCUT2D eigenvalue weighted by Gasteiger charge is -2.29. The zero-order valence-corrected chi connectivity index (χ0v) is 22.6. The number of allylic oxidation sites excluding steroid dienone is 3. The van der Waals surface area contributed by atoms with Crippen molar-refractivity contribution in [2.24, 2.45) is 0 Å². The van der Waals surface area contributed by atoms with Crippen LogP contribution in [-0.4, -0.2) is 0 Å². The Hall–Kier alpha value is -5.14. The molecule has 0 saturated heterocycles. The number of fused-ring (bicyclic) bond motifs is 1. The predicted octanol–water partition coefficient (Wildman–Crippen LogP) is 11.2. The van der Waals surface area contributed by atoms with E-state index in [-0.39, 0.29) is 0 Å². The molecule has 6 rings (SSSR count). The third-order valence-electron chi connectivity index (χ3n) is 7.21. The van der Waals surface area contributed by atoms with Gasteiger partial charge >= 0.3 is 0 Å². The zero-order chi connectivity index (χ0) is 27.1. The Kier molecular flexibility index (Phi) is 7.37. The largest absolute Gasteiger partial charge is 0.309 e. The lowest BCUT2D eigenvalue weighted by molar-refractivity contribution is 1.30. The SMILES string of the molecule is C/C=C\C=C/c1ccccc1-c1ccc(-c2ccccc2N(c2ccccc2)c2cccc3ccccc23)cc1. The minimum Gasteiger partial charge on any atom is -0.309 e. The molecule has 0 unspecified atom stereocenters. The van der Waals surface area contributed by atoms with E-state index in [9.17, 15) is 0 Å². The monoisotopic (exact) mass is 513 g/mol. The van der Waals surface area contributed by atoms with Crippen LogP contribution in [-0.2, 0) is 0 Å². The molecule has 0 aliphatic heterocycles.